The van der Waals surface area contributed by atoms with Crippen molar-refractivity contribution < 1.29 is 0 Å². The molecule has 0 fully saturated rings. The van der Waals surface area contributed by atoms with Crippen molar-refractivity contribution in [3.05, 3.63) is 376 Å². The van der Waals surface area contributed by atoms with Crippen LogP contribution in [0.15, 0.2) is 376 Å². The fraction of sp³-hybridized carbons (Fsp3) is 0. The van der Waals surface area contributed by atoms with Crippen LogP contribution in [0.3, 0.4) is 0 Å². The number of rotatable bonds is 12. The minimum Gasteiger partial charge on any atom is -0.309 e. The fourth-order valence-electron chi connectivity index (χ4n) is 15.7. The van der Waals surface area contributed by atoms with Gasteiger partial charge in [-0.3, -0.25) is 9.97 Å². The topological polar surface area (TPSA) is 113 Å². The lowest BCUT2D eigenvalue weighted by atomic mass is 9.98. The molecular weight excluding hydrogens is 1410 g/mol. The Labute approximate surface area is 652 Å². The third-order valence-corrected chi connectivity index (χ3v) is 23.3. The van der Waals surface area contributed by atoms with E-state index in [9.17, 15) is 0 Å². The van der Waals surface area contributed by atoms with Gasteiger partial charge in [0.2, 0.25) is 0 Å². The van der Waals surface area contributed by atoms with Gasteiger partial charge in [-0.1, -0.05) is 285 Å². The number of fused-ring (bicyclic) bond motifs is 12. The third kappa shape index (κ3) is 11.8. The summed E-state index contributed by atoms with van der Waals surface area (Å²) < 4.78 is 9.63. The minimum absolute atomic E-state index is 0.574. The van der Waals surface area contributed by atoms with Gasteiger partial charge < -0.3 is 9.13 Å². The van der Waals surface area contributed by atoms with E-state index < -0.39 is 0 Å². The molecule has 12 heteroatoms. The van der Waals surface area contributed by atoms with Crippen molar-refractivity contribution in [2.24, 2.45) is 0 Å². The van der Waals surface area contributed by atoms with E-state index in [0.29, 0.717) is 34.9 Å². The van der Waals surface area contributed by atoms with Gasteiger partial charge in [-0.2, -0.15) is 0 Å². The van der Waals surface area contributed by atoms with E-state index in [-0.39, 0.29) is 0 Å². The van der Waals surface area contributed by atoms with Crippen LogP contribution < -0.4 is 0 Å². The highest BCUT2D eigenvalue weighted by atomic mass is 32.1. The van der Waals surface area contributed by atoms with E-state index in [4.69, 9.17) is 39.9 Å². The molecule has 22 rings (SSSR count). The molecule has 0 radical (unpaired) electrons. The third-order valence-electron chi connectivity index (χ3n) is 21.0. The summed E-state index contributed by atoms with van der Waals surface area (Å²) in [5, 5.41) is 9.87. The molecule has 22 aromatic rings. The molecule has 0 aliphatic heterocycles. The predicted molar refractivity (Wildman–Crippen MR) is 464 cm³/mol. The Balaban J connectivity index is 0.000000141. The van der Waals surface area contributed by atoms with Crippen LogP contribution >= 0.6 is 22.7 Å². The number of hydrogen-bond acceptors (Lipinski definition) is 10. The molecule has 14 aromatic carbocycles. The Hall–Kier alpha value is -14.6. The van der Waals surface area contributed by atoms with Gasteiger partial charge in [0.25, 0.3) is 0 Å². The average molecular weight is 1470 g/mol. The quantitative estimate of drug-likeness (QED) is 0.119. The molecule has 0 aliphatic carbocycles. The minimum atomic E-state index is 0.574. The van der Waals surface area contributed by atoms with Gasteiger partial charge in [0, 0.05) is 141 Å². The molecule has 0 N–H and O–H groups in total. The van der Waals surface area contributed by atoms with Gasteiger partial charge >= 0.3 is 0 Å². The van der Waals surface area contributed by atoms with Crippen LogP contribution in [0.2, 0.25) is 0 Å². The van der Waals surface area contributed by atoms with E-state index in [0.717, 1.165) is 89.5 Å². The molecular formula is C100H62N10S2. The van der Waals surface area contributed by atoms with Crippen LogP contribution in [0.5, 0.6) is 0 Å². The van der Waals surface area contributed by atoms with Gasteiger partial charge in [-0.15, -0.1) is 22.7 Å². The molecule has 8 aromatic heterocycles. The van der Waals surface area contributed by atoms with E-state index >= 15 is 0 Å². The molecule has 0 saturated heterocycles. The molecule has 0 bridgehead atoms. The number of benzene rings is 14. The lowest BCUT2D eigenvalue weighted by Crippen LogP contribution is -2.02. The summed E-state index contributed by atoms with van der Waals surface area (Å²) in [5.74, 6) is 3.61. The fourth-order valence-corrected chi connectivity index (χ4v) is 18.1. The van der Waals surface area contributed by atoms with Crippen molar-refractivity contribution in [3.63, 3.8) is 0 Å². The highest BCUT2D eigenvalue weighted by Crippen LogP contribution is 2.48. The molecule has 0 saturated carbocycles. The van der Waals surface area contributed by atoms with Gasteiger partial charge in [0.15, 0.2) is 34.9 Å². The van der Waals surface area contributed by atoms with Crippen LogP contribution in [-0.4, -0.2) is 49.0 Å². The zero-order valence-corrected chi connectivity index (χ0v) is 61.7. The second kappa shape index (κ2) is 27.9. The summed E-state index contributed by atoms with van der Waals surface area (Å²) in [6.07, 6.45) is 3.93. The summed E-state index contributed by atoms with van der Waals surface area (Å²) in [6.45, 7) is 0. The van der Waals surface area contributed by atoms with Crippen molar-refractivity contribution in [1.29, 1.82) is 0 Å². The number of nitrogens with zero attached hydrogens (tertiary/aromatic N) is 10. The molecule has 8 heterocycles. The van der Waals surface area contributed by atoms with Crippen molar-refractivity contribution in [1.82, 2.24) is 49.0 Å². The molecule has 0 aliphatic rings. The van der Waals surface area contributed by atoms with Crippen LogP contribution in [-0.2, 0) is 0 Å². The first kappa shape index (κ1) is 65.7. The SMILES string of the molecule is c1ccc(-c2cnc(-c3ccc4c(c3)sc3cc5c6ccccc6n(-c6ccccc6)c5cc34)c(-c3nc(-c4ccccc4)nc(-c4ccccc4)n3)c2)cc1.c1ccc(-c2cnc(-c3cccc4c3sc3cc5c6ccccc6n(-c6ccccc6)c5cc34)c(-c3nc(-c4ccccc4)nc(-c4ccccc4)n3)c2)cc1. The first-order valence-electron chi connectivity index (χ1n) is 37.3. The maximum Gasteiger partial charge on any atom is 0.166 e. The second-order valence-corrected chi connectivity index (χ2v) is 29.9. The maximum absolute atomic E-state index is 5.27. The number of pyridine rings is 2. The molecule has 524 valence electrons. The predicted octanol–water partition coefficient (Wildman–Crippen LogP) is 26.1. The Morgan fingerprint density at radius 3 is 1.01 bits per heavy atom. The Morgan fingerprint density at radius 2 is 0.554 bits per heavy atom. The highest BCUT2D eigenvalue weighted by Gasteiger charge is 2.25. The molecule has 0 amide bonds. The van der Waals surface area contributed by atoms with Gasteiger partial charge in [-0.05, 0) is 90.0 Å². The normalized spacial score (nSPS) is 11.6. The molecule has 10 nitrogen and oxygen atoms in total. The Bertz CT molecular complexity index is 7220. The van der Waals surface area contributed by atoms with Crippen LogP contribution in [0, 0.1) is 0 Å². The van der Waals surface area contributed by atoms with E-state index in [1.807, 2.05) is 169 Å². The second-order valence-electron chi connectivity index (χ2n) is 27.8. The highest BCUT2D eigenvalue weighted by molar-refractivity contribution is 7.26. The molecule has 0 unspecified atom stereocenters. The molecule has 0 atom stereocenters. The van der Waals surface area contributed by atoms with E-state index in [1.165, 1.54) is 84.0 Å². The summed E-state index contributed by atoms with van der Waals surface area (Å²) in [6, 6.07) is 127. The lowest BCUT2D eigenvalue weighted by molar-refractivity contribution is 1.07. The van der Waals surface area contributed by atoms with Gasteiger partial charge in [0.05, 0.1) is 33.5 Å². The lowest BCUT2D eigenvalue weighted by Gasteiger charge is -2.14. The summed E-state index contributed by atoms with van der Waals surface area (Å²) in [5.41, 5.74) is 20.3. The molecule has 112 heavy (non-hydrogen) atoms. The number of thiophene rings is 2. The smallest absolute Gasteiger partial charge is 0.166 e. The van der Waals surface area contributed by atoms with Crippen molar-refractivity contribution in [3.8, 4) is 124 Å². The summed E-state index contributed by atoms with van der Waals surface area (Å²) in [4.78, 5) is 41.0. The first-order valence-corrected chi connectivity index (χ1v) is 38.9. The van der Waals surface area contributed by atoms with Gasteiger partial charge in [-0.25, -0.2) is 29.9 Å². The van der Waals surface area contributed by atoms with Crippen molar-refractivity contribution >= 4 is 107 Å². The largest absolute Gasteiger partial charge is 0.309 e. The van der Waals surface area contributed by atoms with Gasteiger partial charge in [0.1, 0.15) is 0 Å². The van der Waals surface area contributed by atoms with E-state index in [1.54, 1.807) is 0 Å². The first-order chi connectivity index (χ1) is 55.5. The zero-order valence-electron chi connectivity index (χ0n) is 60.1. The standard InChI is InChI=1S/2C50H31N5S/c1-5-16-32(17-6-1)35-28-42(50-53-48(33-18-7-2-8-19-33)52-49(54-50)34-20-9-3-10-21-34)46(51-31-35)39-26-15-25-38-41-29-44-40(30-45(41)56-47(38)39)37-24-13-14-27-43(37)55(44)36-22-11-4-12-23-36;1-5-15-32(16-6-1)36-27-42(50-53-48(33-17-7-2-8-18-33)52-49(54-50)34-19-9-3-10-20-34)47(51-31-36)35-25-26-39-41-29-44-40(30-46(41)56-45(39)28-35)38-23-13-14-24-43(38)55(44)37-21-11-4-12-22-37/h2*1-31H. The van der Waals surface area contributed by atoms with Crippen LogP contribution in [0.25, 0.3) is 208 Å². The Morgan fingerprint density at radius 1 is 0.196 bits per heavy atom. The summed E-state index contributed by atoms with van der Waals surface area (Å²) in [7, 11) is 0. The number of para-hydroxylation sites is 4. The van der Waals surface area contributed by atoms with E-state index in [2.05, 4.69) is 240 Å². The van der Waals surface area contributed by atoms with Crippen molar-refractivity contribution in [2.75, 3.05) is 0 Å². The van der Waals surface area contributed by atoms with Crippen molar-refractivity contribution in [2.45, 2.75) is 0 Å². The number of hydrogen-bond donors (Lipinski definition) is 0. The molecule has 0 spiro atoms. The Kier molecular flexibility index (Phi) is 16.4. The zero-order chi connectivity index (χ0) is 74.0. The maximum atomic E-state index is 5.27. The monoisotopic (exact) mass is 1470 g/mol. The average Bonchev–Trinajstić information content (AvgIpc) is 1.56. The van der Waals surface area contributed by atoms with Crippen LogP contribution in [0.1, 0.15) is 0 Å². The summed E-state index contributed by atoms with van der Waals surface area (Å²) >= 11 is 3.64. The van der Waals surface area contributed by atoms with Crippen LogP contribution in [0.4, 0.5) is 0 Å². The number of aromatic nitrogens is 10.